The first-order valence-electron chi connectivity index (χ1n) is 6.77. The Morgan fingerprint density at radius 2 is 2.33 bits per heavy atom. The third kappa shape index (κ3) is 2.57. The Morgan fingerprint density at radius 3 is 3.22 bits per heavy atom. The van der Waals surface area contributed by atoms with Crippen LogP contribution in [0.25, 0.3) is 10.9 Å². The number of nitrogens with one attached hydrogen (secondary N) is 2. The number of fused-ring (bicyclic) bond motifs is 1. The van der Waals surface area contributed by atoms with Gasteiger partial charge in [0.2, 0.25) is 0 Å². The van der Waals surface area contributed by atoms with Crippen LogP contribution in [0.1, 0.15) is 18.4 Å². The van der Waals surface area contributed by atoms with Crippen molar-refractivity contribution in [3.63, 3.8) is 0 Å². The Bertz CT molecular complexity index is 500. The van der Waals surface area contributed by atoms with Gasteiger partial charge in [-0.3, -0.25) is 0 Å². The fourth-order valence-corrected chi connectivity index (χ4v) is 2.64. The van der Waals surface area contributed by atoms with Crippen LogP contribution in [-0.4, -0.2) is 24.7 Å². The molecule has 3 heteroatoms. The van der Waals surface area contributed by atoms with Gasteiger partial charge >= 0.3 is 0 Å². The fourth-order valence-electron chi connectivity index (χ4n) is 2.64. The average molecular weight is 244 g/mol. The lowest BCUT2D eigenvalue weighted by Crippen LogP contribution is -2.18. The summed E-state index contributed by atoms with van der Waals surface area (Å²) in [6, 6.07) is 8.58. The minimum Gasteiger partial charge on any atom is -0.381 e. The molecule has 0 bridgehead atoms. The van der Waals surface area contributed by atoms with Crippen molar-refractivity contribution in [3.05, 3.63) is 36.0 Å². The molecule has 0 aliphatic carbocycles. The third-order valence-electron chi connectivity index (χ3n) is 3.75. The summed E-state index contributed by atoms with van der Waals surface area (Å²) in [7, 11) is 0. The molecule has 1 aliphatic rings. The molecule has 1 aliphatic heterocycles. The lowest BCUT2D eigenvalue weighted by atomic mass is 10.1. The molecule has 0 radical (unpaired) electrons. The molecule has 18 heavy (non-hydrogen) atoms. The molecule has 0 saturated carbocycles. The minimum atomic E-state index is 0.764. The van der Waals surface area contributed by atoms with Crippen LogP contribution in [-0.2, 0) is 11.3 Å². The van der Waals surface area contributed by atoms with E-state index in [1.54, 1.807) is 0 Å². The lowest BCUT2D eigenvalue weighted by Gasteiger charge is -2.09. The van der Waals surface area contributed by atoms with Crippen molar-refractivity contribution >= 4 is 10.9 Å². The van der Waals surface area contributed by atoms with E-state index in [1.807, 2.05) is 6.20 Å². The predicted molar refractivity (Wildman–Crippen MR) is 73.5 cm³/mol. The Hall–Kier alpha value is -1.32. The molecule has 3 rings (SSSR count). The topological polar surface area (TPSA) is 37.0 Å². The van der Waals surface area contributed by atoms with Gasteiger partial charge in [-0.2, -0.15) is 0 Å². The van der Waals surface area contributed by atoms with E-state index in [9.17, 15) is 0 Å². The first-order valence-corrected chi connectivity index (χ1v) is 6.77. The van der Waals surface area contributed by atoms with Crippen molar-refractivity contribution in [2.24, 2.45) is 5.92 Å². The molecule has 1 aromatic carbocycles. The Kier molecular flexibility index (Phi) is 3.62. The second kappa shape index (κ2) is 5.55. The van der Waals surface area contributed by atoms with Crippen molar-refractivity contribution in [2.45, 2.75) is 19.4 Å². The summed E-state index contributed by atoms with van der Waals surface area (Å²) in [6.45, 7) is 3.93. The van der Waals surface area contributed by atoms with Crippen LogP contribution in [0, 0.1) is 5.92 Å². The van der Waals surface area contributed by atoms with E-state index in [2.05, 4.69) is 34.6 Å². The molecule has 2 heterocycles. The number of aromatic nitrogens is 1. The molecule has 2 N–H and O–H groups in total. The highest BCUT2D eigenvalue weighted by Crippen LogP contribution is 2.18. The average Bonchev–Trinajstić information content (AvgIpc) is 3.05. The maximum Gasteiger partial charge on any atom is 0.0495 e. The molecule has 1 atom stereocenters. The summed E-state index contributed by atoms with van der Waals surface area (Å²) in [6.07, 6.45) is 4.46. The van der Waals surface area contributed by atoms with Gasteiger partial charge in [-0.1, -0.05) is 12.1 Å². The molecule has 1 aromatic heterocycles. The van der Waals surface area contributed by atoms with Crippen LogP contribution in [0.4, 0.5) is 0 Å². The highest BCUT2D eigenvalue weighted by molar-refractivity contribution is 5.82. The van der Waals surface area contributed by atoms with Gasteiger partial charge in [-0.25, -0.2) is 0 Å². The van der Waals surface area contributed by atoms with Gasteiger partial charge < -0.3 is 15.0 Å². The fraction of sp³-hybridized carbons (Fsp3) is 0.467. The van der Waals surface area contributed by atoms with Gasteiger partial charge in [-0.15, -0.1) is 0 Å². The monoisotopic (exact) mass is 244 g/mol. The van der Waals surface area contributed by atoms with Crippen molar-refractivity contribution in [3.8, 4) is 0 Å². The number of H-pyrrole nitrogens is 1. The van der Waals surface area contributed by atoms with Gasteiger partial charge in [0.25, 0.3) is 0 Å². The van der Waals surface area contributed by atoms with Gasteiger partial charge in [0.1, 0.15) is 0 Å². The zero-order valence-electron chi connectivity index (χ0n) is 10.6. The number of benzene rings is 1. The molecule has 0 spiro atoms. The second-order valence-electron chi connectivity index (χ2n) is 5.05. The molecule has 96 valence electrons. The van der Waals surface area contributed by atoms with E-state index < -0.39 is 0 Å². The van der Waals surface area contributed by atoms with E-state index in [0.717, 1.165) is 32.2 Å². The molecule has 3 nitrogen and oxygen atoms in total. The molecule has 1 unspecified atom stereocenters. The number of hydrogen-bond donors (Lipinski definition) is 2. The summed E-state index contributed by atoms with van der Waals surface area (Å²) in [5.41, 5.74) is 2.59. The summed E-state index contributed by atoms with van der Waals surface area (Å²) in [4.78, 5) is 3.25. The van der Waals surface area contributed by atoms with Gasteiger partial charge in [0.05, 0.1) is 0 Å². The van der Waals surface area contributed by atoms with Gasteiger partial charge in [0, 0.05) is 36.9 Å². The van der Waals surface area contributed by atoms with E-state index in [0.29, 0.717) is 0 Å². The quantitative estimate of drug-likeness (QED) is 0.793. The maximum atomic E-state index is 5.39. The second-order valence-corrected chi connectivity index (χ2v) is 5.05. The number of aromatic amines is 1. The smallest absolute Gasteiger partial charge is 0.0495 e. The van der Waals surface area contributed by atoms with E-state index >= 15 is 0 Å². The number of ether oxygens (including phenoxy) is 1. The van der Waals surface area contributed by atoms with Crippen molar-refractivity contribution in [1.29, 1.82) is 0 Å². The molecule has 1 saturated heterocycles. The standard InChI is InChI=1S/C15H20N2O/c1-2-13(14-5-8-17-15(14)3-1)10-16-7-4-12-6-9-18-11-12/h1-3,5,8,12,16-17H,4,6-7,9-11H2. The summed E-state index contributed by atoms with van der Waals surface area (Å²) >= 11 is 0. The highest BCUT2D eigenvalue weighted by atomic mass is 16.5. The predicted octanol–water partition coefficient (Wildman–Crippen LogP) is 2.68. The SMILES string of the molecule is c1cc(CNCCC2CCOC2)c2cc[nH]c2c1. The lowest BCUT2D eigenvalue weighted by molar-refractivity contribution is 0.184. The normalized spacial score (nSPS) is 19.7. The van der Waals surface area contributed by atoms with Crippen molar-refractivity contribution in [1.82, 2.24) is 10.3 Å². The first-order chi connectivity index (χ1) is 8.93. The number of hydrogen-bond acceptors (Lipinski definition) is 2. The van der Waals surface area contributed by atoms with E-state index in [-0.39, 0.29) is 0 Å². The summed E-state index contributed by atoms with van der Waals surface area (Å²) in [5, 5.41) is 4.87. The van der Waals surface area contributed by atoms with E-state index in [1.165, 1.54) is 29.3 Å². The first kappa shape index (κ1) is 11.8. The van der Waals surface area contributed by atoms with Crippen molar-refractivity contribution in [2.75, 3.05) is 19.8 Å². The maximum absolute atomic E-state index is 5.39. The zero-order valence-corrected chi connectivity index (χ0v) is 10.6. The van der Waals surface area contributed by atoms with Crippen LogP contribution in [0.3, 0.4) is 0 Å². The molecular weight excluding hydrogens is 224 g/mol. The summed E-state index contributed by atoms with van der Waals surface area (Å²) < 4.78 is 5.39. The Balaban J connectivity index is 1.51. The molecule has 0 amide bonds. The van der Waals surface area contributed by atoms with Crippen LogP contribution >= 0.6 is 0 Å². The zero-order chi connectivity index (χ0) is 12.2. The summed E-state index contributed by atoms with van der Waals surface area (Å²) in [5.74, 6) is 0.764. The molecule has 2 aromatic rings. The van der Waals surface area contributed by atoms with Gasteiger partial charge in [0.15, 0.2) is 0 Å². The molecule has 1 fully saturated rings. The number of rotatable bonds is 5. The van der Waals surface area contributed by atoms with Crippen LogP contribution in [0.5, 0.6) is 0 Å². The highest BCUT2D eigenvalue weighted by Gasteiger charge is 2.14. The Morgan fingerprint density at radius 1 is 1.33 bits per heavy atom. The van der Waals surface area contributed by atoms with Crippen LogP contribution < -0.4 is 5.32 Å². The van der Waals surface area contributed by atoms with Crippen LogP contribution in [0.15, 0.2) is 30.5 Å². The van der Waals surface area contributed by atoms with Crippen molar-refractivity contribution < 1.29 is 4.74 Å². The molecular formula is C15H20N2O. The van der Waals surface area contributed by atoms with Gasteiger partial charge in [-0.05, 0) is 43.0 Å². The Labute approximate surface area is 108 Å². The van der Waals surface area contributed by atoms with E-state index in [4.69, 9.17) is 4.74 Å². The van der Waals surface area contributed by atoms with Crippen LogP contribution in [0.2, 0.25) is 0 Å². The largest absolute Gasteiger partial charge is 0.381 e. The minimum absolute atomic E-state index is 0.764. The third-order valence-corrected chi connectivity index (χ3v) is 3.75.